The molecule has 0 spiro atoms. The van der Waals surface area contributed by atoms with Gasteiger partial charge in [0.05, 0.1) is 11.5 Å². The second-order valence-corrected chi connectivity index (χ2v) is 7.10. The molecular weight excluding hydrogens is 250 g/mol. The van der Waals surface area contributed by atoms with Crippen molar-refractivity contribution in [2.24, 2.45) is 5.41 Å². The van der Waals surface area contributed by atoms with E-state index in [1.165, 1.54) is 6.26 Å². The highest BCUT2D eigenvalue weighted by molar-refractivity contribution is 7.90. The lowest BCUT2D eigenvalue weighted by Gasteiger charge is -2.25. The smallest absolute Gasteiger partial charge is 0.175 e. The van der Waals surface area contributed by atoms with E-state index in [9.17, 15) is 13.5 Å². The van der Waals surface area contributed by atoms with Crippen molar-refractivity contribution in [2.75, 3.05) is 19.9 Å². The van der Waals surface area contributed by atoms with Crippen LogP contribution in [0.1, 0.15) is 24.4 Å². The molecule has 0 saturated heterocycles. The summed E-state index contributed by atoms with van der Waals surface area (Å²) in [6.45, 7) is 0.159. The van der Waals surface area contributed by atoms with E-state index >= 15 is 0 Å². The topological polar surface area (TPSA) is 66.4 Å². The first-order chi connectivity index (χ1) is 8.43. The first-order valence-corrected chi connectivity index (χ1v) is 7.90. The predicted octanol–water partition coefficient (Wildman–Crippen LogP) is 1.12. The minimum Gasteiger partial charge on any atom is -0.396 e. The molecule has 1 saturated carbocycles. The molecule has 1 aromatic rings. The van der Waals surface area contributed by atoms with Gasteiger partial charge in [-0.25, -0.2) is 8.42 Å². The minimum atomic E-state index is -3.15. The lowest BCUT2D eigenvalue weighted by atomic mass is 9.91. The first-order valence-electron chi connectivity index (χ1n) is 6.01. The largest absolute Gasteiger partial charge is 0.396 e. The molecule has 0 aromatic heterocycles. The van der Waals surface area contributed by atoms with Gasteiger partial charge < -0.3 is 10.4 Å². The van der Waals surface area contributed by atoms with Gasteiger partial charge in [-0.2, -0.15) is 0 Å². The van der Waals surface area contributed by atoms with Crippen LogP contribution < -0.4 is 5.32 Å². The van der Waals surface area contributed by atoms with E-state index in [0.717, 1.165) is 18.4 Å². The SMILES string of the molecule is CNC(c1ccc(S(C)(=O)=O)cc1)C1(CO)CC1. The van der Waals surface area contributed by atoms with E-state index in [1.807, 2.05) is 19.2 Å². The maximum Gasteiger partial charge on any atom is 0.175 e. The number of aliphatic hydroxyl groups is 1. The van der Waals surface area contributed by atoms with E-state index in [4.69, 9.17) is 0 Å². The normalized spacial score (nSPS) is 19.5. The Morgan fingerprint density at radius 3 is 2.22 bits per heavy atom. The molecule has 100 valence electrons. The lowest BCUT2D eigenvalue weighted by Crippen LogP contribution is -2.29. The second kappa shape index (κ2) is 4.64. The molecule has 1 unspecified atom stereocenters. The molecule has 0 amide bonds. The molecule has 0 radical (unpaired) electrons. The van der Waals surface area contributed by atoms with Gasteiger partial charge in [0, 0.05) is 17.7 Å². The zero-order valence-corrected chi connectivity index (χ0v) is 11.5. The fraction of sp³-hybridized carbons (Fsp3) is 0.538. The number of rotatable bonds is 5. The highest BCUT2D eigenvalue weighted by Gasteiger charge is 2.48. The van der Waals surface area contributed by atoms with Crippen LogP contribution in [0.2, 0.25) is 0 Å². The molecule has 2 rings (SSSR count). The number of hydrogen-bond donors (Lipinski definition) is 2. The summed E-state index contributed by atoms with van der Waals surface area (Å²) in [6.07, 6.45) is 3.21. The number of aliphatic hydroxyl groups excluding tert-OH is 1. The van der Waals surface area contributed by atoms with Crippen LogP contribution >= 0.6 is 0 Å². The van der Waals surface area contributed by atoms with Gasteiger partial charge in [-0.1, -0.05) is 12.1 Å². The molecule has 18 heavy (non-hydrogen) atoms. The van der Waals surface area contributed by atoms with Crippen LogP contribution in [0.15, 0.2) is 29.2 Å². The van der Waals surface area contributed by atoms with Gasteiger partial charge in [0.1, 0.15) is 0 Å². The summed E-state index contributed by atoms with van der Waals surface area (Å²) in [7, 11) is -1.28. The van der Waals surface area contributed by atoms with Gasteiger partial charge in [-0.15, -0.1) is 0 Å². The Balaban J connectivity index is 2.29. The molecule has 0 bridgehead atoms. The molecule has 1 atom stereocenters. The quantitative estimate of drug-likeness (QED) is 0.841. The van der Waals surface area contributed by atoms with Crippen LogP contribution in [-0.4, -0.2) is 33.4 Å². The third-order valence-corrected chi connectivity index (χ3v) is 4.88. The Kier molecular flexibility index (Phi) is 3.49. The van der Waals surface area contributed by atoms with Gasteiger partial charge in [0.2, 0.25) is 0 Å². The average molecular weight is 269 g/mol. The predicted molar refractivity (Wildman–Crippen MR) is 70.1 cm³/mol. The summed E-state index contributed by atoms with van der Waals surface area (Å²) >= 11 is 0. The molecule has 0 aliphatic heterocycles. The van der Waals surface area contributed by atoms with Gasteiger partial charge in [0.15, 0.2) is 9.84 Å². The van der Waals surface area contributed by atoms with Gasteiger partial charge >= 0.3 is 0 Å². The van der Waals surface area contributed by atoms with Gasteiger partial charge in [-0.05, 0) is 37.6 Å². The zero-order chi connectivity index (χ0) is 13.4. The second-order valence-electron chi connectivity index (χ2n) is 5.08. The Hall–Kier alpha value is -0.910. The van der Waals surface area contributed by atoms with Crippen LogP contribution in [0, 0.1) is 5.41 Å². The van der Waals surface area contributed by atoms with E-state index < -0.39 is 9.84 Å². The van der Waals surface area contributed by atoms with E-state index in [0.29, 0.717) is 4.90 Å². The molecular formula is C13H19NO3S. The number of hydrogen-bond acceptors (Lipinski definition) is 4. The summed E-state index contributed by atoms with van der Waals surface area (Å²) in [6, 6.07) is 6.99. The number of benzene rings is 1. The van der Waals surface area contributed by atoms with E-state index in [1.54, 1.807) is 12.1 Å². The Morgan fingerprint density at radius 2 is 1.89 bits per heavy atom. The highest BCUT2D eigenvalue weighted by atomic mass is 32.2. The van der Waals surface area contributed by atoms with Crippen molar-refractivity contribution in [3.8, 4) is 0 Å². The number of sulfone groups is 1. The summed E-state index contributed by atoms with van der Waals surface area (Å²) in [5.41, 5.74) is 0.956. The third kappa shape index (κ3) is 2.43. The van der Waals surface area contributed by atoms with Crippen LogP contribution in [0.3, 0.4) is 0 Å². The molecule has 0 heterocycles. The summed E-state index contributed by atoms with van der Waals surface area (Å²) < 4.78 is 22.8. The maximum atomic E-state index is 11.4. The van der Waals surface area contributed by atoms with Gasteiger partial charge in [0.25, 0.3) is 0 Å². The van der Waals surface area contributed by atoms with Crippen molar-refractivity contribution in [3.05, 3.63) is 29.8 Å². The van der Waals surface area contributed by atoms with Crippen LogP contribution in [-0.2, 0) is 9.84 Å². The lowest BCUT2D eigenvalue weighted by molar-refractivity contribution is 0.175. The van der Waals surface area contributed by atoms with Crippen molar-refractivity contribution in [3.63, 3.8) is 0 Å². The van der Waals surface area contributed by atoms with Crippen LogP contribution in [0.25, 0.3) is 0 Å². The van der Waals surface area contributed by atoms with Crippen LogP contribution in [0.4, 0.5) is 0 Å². The zero-order valence-electron chi connectivity index (χ0n) is 10.7. The molecule has 1 aliphatic carbocycles. The molecule has 1 fully saturated rings. The molecule has 5 heteroatoms. The van der Waals surface area contributed by atoms with Crippen molar-refractivity contribution < 1.29 is 13.5 Å². The molecule has 4 nitrogen and oxygen atoms in total. The minimum absolute atomic E-state index is 0.0681. The summed E-state index contributed by atoms with van der Waals surface area (Å²) in [4.78, 5) is 0.329. The third-order valence-electron chi connectivity index (χ3n) is 3.75. The molecule has 1 aromatic carbocycles. The number of nitrogens with one attached hydrogen (secondary N) is 1. The van der Waals surface area contributed by atoms with Crippen molar-refractivity contribution in [2.45, 2.75) is 23.8 Å². The first kappa shape index (κ1) is 13.5. The Bertz CT molecular complexity index is 518. The maximum absolute atomic E-state index is 11.4. The molecule has 1 aliphatic rings. The molecule has 2 N–H and O–H groups in total. The summed E-state index contributed by atoms with van der Waals surface area (Å²) in [5.74, 6) is 0. The standard InChI is InChI=1S/C13H19NO3S/c1-14-12(13(9-15)7-8-13)10-3-5-11(6-4-10)18(2,16)17/h3-6,12,14-15H,7-9H2,1-2H3. The van der Waals surface area contributed by atoms with Gasteiger partial charge in [-0.3, -0.25) is 0 Å². The fourth-order valence-corrected chi connectivity index (χ4v) is 3.06. The van der Waals surface area contributed by atoms with E-state index in [2.05, 4.69) is 5.32 Å². The van der Waals surface area contributed by atoms with Crippen molar-refractivity contribution in [1.82, 2.24) is 5.32 Å². The highest BCUT2D eigenvalue weighted by Crippen LogP contribution is 2.54. The Labute approximate surface area is 108 Å². The average Bonchev–Trinajstić information content (AvgIpc) is 3.11. The fourth-order valence-electron chi connectivity index (χ4n) is 2.43. The van der Waals surface area contributed by atoms with E-state index in [-0.39, 0.29) is 18.1 Å². The monoisotopic (exact) mass is 269 g/mol. The van der Waals surface area contributed by atoms with Crippen molar-refractivity contribution >= 4 is 9.84 Å². The van der Waals surface area contributed by atoms with Crippen LogP contribution in [0.5, 0.6) is 0 Å². The Morgan fingerprint density at radius 1 is 1.33 bits per heavy atom. The van der Waals surface area contributed by atoms with Crippen molar-refractivity contribution in [1.29, 1.82) is 0 Å². The summed E-state index contributed by atoms with van der Waals surface area (Å²) in [5, 5.41) is 12.7.